The third-order valence-corrected chi connectivity index (χ3v) is 6.16. The van der Waals surface area contributed by atoms with Crippen LogP contribution in [0.2, 0.25) is 5.02 Å². The number of aromatic amines is 1. The summed E-state index contributed by atoms with van der Waals surface area (Å²) in [5.41, 5.74) is 14.7. The summed E-state index contributed by atoms with van der Waals surface area (Å²) in [6.07, 6.45) is 5.45. The SMILES string of the molecule is CC(N)C1(C)CCN(c2cnc3c(-c4ccnc(N)c4Cl)[nH]nc3n2)CC1. The predicted molar refractivity (Wildman–Crippen MR) is 108 cm³/mol. The Bertz CT molecular complexity index is 975. The number of halogens is 1. The molecule has 1 aliphatic heterocycles. The average molecular weight is 387 g/mol. The van der Waals surface area contributed by atoms with Gasteiger partial charge in [0.1, 0.15) is 17.2 Å². The van der Waals surface area contributed by atoms with E-state index in [1.165, 1.54) is 0 Å². The number of aromatic nitrogens is 5. The van der Waals surface area contributed by atoms with Gasteiger partial charge in [-0.1, -0.05) is 18.5 Å². The summed E-state index contributed by atoms with van der Waals surface area (Å²) in [6, 6.07) is 1.96. The number of nitrogens with two attached hydrogens (primary N) is 2. The van der Waals surface area contributed by atoms with Crippen molar-refractivity contribution < 1.29 is 0 Å². The lowest BCUT2D eigenvalue weighted by Crippen LogP contribution is -2.47. The molecule has 1 saturated heterocycles. The maximum atomic E-state index is 6.29. The summed E-state index contributed by atoms with van der Waals surface area (Å²) in [7, 11) is 0. The van der Waals surface area contributed by atoms with Gasteiger partial charge < -0.3 is 16.4 Å². The van der Waals surface area contributed by atoms with Gasteiger partial charge in [0, 0.05) is 30.9 Å². The molecule has 3 aromatic heterocycles. The van der Waals surface area contributed by atoms with E-state index < -0.39 is 0 Å². The highest BCUT2D eigenvalue weighted by molar-refractivity contribution is 6.35. The largest absolute Gasteiger partial charge is 0.382 e. The Labute approximate surface area is 162 Å². The number of rotatable bonds is 3. The zero-order chi connectivity index (χ0) is 19.2. The molecule has 4 rings (SSSR count). The van der Waals surface area contributed by atoms with Crippen LogP contribution >= 0.6 is 11.6 Å². The zero-order valence-corrected chi connectivity index (χ0v) is 16.2. The molecular weight excluding hydrogens is 364 g/mol. The highest BCUT2D eigenvalue weighted by atomic mass is 35.5. The topological polar surface area (TPSA) is 123 Å². The van der Waals surface area contributed by atoms with Gasteiger partial charge in [-0.05, 0) is 31.2 Å². The van der Waals surface area contributed by atoms with Crippen LogP contribution in [0, 0.1) is 5.41 Å². The fraction of sp³-hybridized carbons (Fsp3) is 0.444. The molecule has 4 heterocycles. The Balaban J connectivity index is 1.63. The predicted octanol–water partition coefficient (Wildman–Crippen LogP) is 2.60. The average Bonchev–Trinajstić information content (AvgIpc) is 3.07. The van der Waals surface area contributed by atoms with E-state index in [2.05, 4.69) is 43.9 Å². The van der Waals surface area contributed by atoms with Crippen LogP contribution in [-0.2, 0) is 0 Å². The molecule has 9 heteroatoms. The van der Waals surface area contributed by atoms with Crippen LogP contribution in [0.1, 0.15) is 26.7 Å². The lowest BCUT2D eigenvalue weighted by Gasteiger charge is -2.42. The van der Waals surface area contributed by atoms with Crippen LogP contribution in [0.5, 0.6) is 0 Å². The molecule has 0 aliphatic carbocycles. The third-order valence-electron chi connectivity index (χ3n) is 5.77. The number of anilines is 2. The highest BCUT2D eigenvalue weighted by Crippen LogP contribution is 2.36. The van der Waals surface area contributed by atoms with Crippen LogP contribution in [0.4, 0.5) is 11.6 Å². The molecule has 0 aromatic carbocycles. The fourth-order valence-corrected chi connectivity index (χ4v) is 3.69. The number of fused-ring (bicyclic) bond motifs is 1. The Kier molecular flexibility index (Phi) is 4.39. The van der Waals surface area contributed by atoms with Crippen molar-refractivity contribution in [1.29, 1.82) is 0 Å². The number of hydrogen-bond donors (Lipinski definition) is 3. The summed E-state index contributed by atoms with van der Waals surface area (Å²) in [5, 5.41) is 7.67. The smallest absolute Gasteiger partial charge is 0.202 e. The molecule has 0 amide bonds. The molecule has 0 bridgehead atoms. The van der Waals surface area contributed by atoms with Crippen molar-refractivity contribution >= 4 is 34.4 Å². The zero-order valence-electron chi connectivity index (χ0n) is 15.4. The van der Waals surface area contributed by atoms with Crippen LogP contribution in [0.3, 0.4) is 0 Å². The number of nitrogens with zero attached hydrogens (tertiary/aromatic N) is 5. The van der Waals surface area contributed by atoms with E-state index in [1.54, 1.807) is 18.5 Å². The van der Waals surface area contributed by atoms with Gasteiger partial charge in [0.15, 0.2) is 0 Å². The van der Waals surface area contributed by atoms with E-state index in [0.717, 1.165) is 31.7 Å². The van der Waals surface area contributed by atoms with E-state index in [1.807, 2.05) is 0 Å². The molecule has 27 heavy (non-hydrogen) atoms. The maximum absolute atomic E-state index is 6.29. The number of nitrogen functional groups attached to an aromatic ring is 1. The van der Waals surface area contributed by atoms with Crippen molar-refractivity contribution in [2.75, 3.05) is 23.7 Å². The molecule has 0 spiro atoms. The summed E-state index contributed by atoms with van der Waals surface area (Å²) in [5.74, 6) is 1.10. The Morgan fingerprint density at radius 2 is 2.04 bits per heavy atom. The normalized spacial score (nSPS) is 18.0. The molecule has 8 nitrogen and oxygen atoms in total. The first-order valence-electron chi connectivity index (χ1n) is 9.01. The minimum absolute atomic E-state index is 0.172. The Morgan fingerprint density at radius 3 is 2.74 bits per heavy atom. The van der Waals surface area contributed by atoms with E-state index in [0.29, 0.717) is 27.4 Å². The Hall–Kier alpha value is -2.45. The first kappa shape index (κ1) is 17.9. The number of hydrogen-bond acceptors (Lipinski definition) is 7. The van der Waals surface area contributed by atoms with Crippen LogP contribution in [-0.4, -0.2) is 44.3 Å². The molecule has 5 N–H and O–H groups in total. The van der Waals surface area contributed by atoms with Crippen molar-refractivity contribution in [2.24, 2.45) is 11.1 Å². The van der Waals surface area contributed by atoms with E-state index in [-0.39, 0.29) is 17.3 Å². The minimum atomic E-state index is 0.172. The van der Waals surface area contributed by atoms with Gasteiger partial charge in [-0.2, -0.15) is 5.10 Å². The first-order chi connectivity index (χ1) is 12.9. The van der Waals surface area contributed by atoms with Crippen molar-refractivity contribution in [3.8, 4) is 11.3 Å². The summed E-state index contributed by atoms with van der Waals surface area (Å²) in [4.78, 5) is 15.5. The van der Waals surface area contributed by atoms with E-state index in [9.17, 15) is 0 Å². The van der Waals surface area contributed by atoms with Gasteiger partial charge >= 0.3 is 0 Å². The van der Waals surface area contributed by atoms with Crippen molar-refractivity contribution in [3.63, 3.8) is 0 Å². The minimum Gasteiger partial charge on any atom is -0.382 e. The van der Waals surface area contributed by atoms with Gasteiger partial charge in [-0.3, -0.25) is 5.10 Å². The van der Waals surface area contributed by atoms with Crippen LogP contribution in [0.25, 0.3) is 22.4 Å². The molecule has 1 fully saturated rings. The van der Waals surface area contributed by atoms with Crippen LogP contribution < -0.4 is 16.4 Å². The maximum Gasteiger partial charge on any atom is 0.202 e. The molecule has 1 aliphatic rings. The summed E-state index contributed by atoms with van der Waals surface area (Å²) < 4.78 is 0. The van der Waals surface area contributed by atoms with Crippen molar-refractivity contribution in [2.45, 2.75) is 32.7 Å². The van der Waals surface area contributed by atoms with Gasteiger partial charge in [-0.15, -0.1) is 0 Å². The van der Waals surface area contributed by atoms with Crippen molar-refractivity contribution in [3.05, 3.63) is 23.5 Å². The van der Waals surface area contributed by atoms with E-state index >= 15 is 0 Å². The highest BCUT2D eigenvalue weighted by Gasteiger charge is 2.33. The summed E-state index contributed by atoms with van der Waals surface area (Å²) >= 11 is 6.29. The molecule has 1 atom stereocenters. The standard InChI is InChI=1S/C18H23ClN8/c1-10(20)18(2)4-7-27(8-5-18)12-9-23-15-14(25-26-17(15)24-12)11-3-6-22-16(21)13(11)19/h3,6,9-10H,4-5,7-8,20H2,1-2H3,(H2,21,22)(H,24,25,26). The van der Waals surface area contributed by atoms with Crippen LogP contribution in [0.15, 0.2) is 18.5 Å². The first-order valence-corrected chi connectivity index (χ1v) is 9.39. The number of H-pyrrole nitrogens is 1. The lowest BCUT2D eigenvalue weighted by molar-refractivity contribution is 0.205. The second kappa shape index (κ2) is 6.61. The molecule has 142 valence electrons. The monoisotopic (exact) mass is 386 g/mol. The second-order valence-electron chi connectivity index (χ2n) is 7.49. The van der Waals surface area contributed by atoms with Gasteiger partial charge in [-0.25, -0.2) is 15.0 Å². The second-order valence-corrected chi connectivity index (χ2v) is 7.86. The molecular formula is C18H23ClN8. The molecule has 0 saturated carbocycles. The van der Waals surface area contributed by atoms with Gasteiger partial charge in [0.05, 0.1) is 16.9 Å². The summed E-state index contributed by atoms with van der Waals surface area (Å²) in [6.45, 7) is 6.15. The molecule has 1 unspecified atom stereocenters. The van der Waals surface area contributed by atoms with Gasteiger partial charge in [0.2, 0.25) is 5.65 Å². The van der Waals surface area contributed by atoms with Crippen molar-refractivity contribution in [1.82, 2.24) is 25.1 Å². The number of piperidine rings is 1. The number of nitrogens with one attached hydrogen (secondary N) is 1. The lowest BCUT2D eigenvalue weighted by atomic mass is 9.75. The molecule has 3 aromatic rings. The fourth-order valence-electron chi connectivity index (χ4n) is 3.48. The quantitative estimate of drug-likeness (QED) is 0.632. The van der Waals surface area contributed by atoms with E-state index in [4.69, 9.17) is 23.1 Å². The van der Waals surface area contributed by atoms with Gasteiger partial charge in [0.25, 0.3) is 0 Å². The number of pyridine rings is 1. The Morgan fingerprint density at radius 1 is 1.30 bits per heavy atom. The third kappa shape index (κ3) is 3.08. The molecule has 0 radical (unpaired) electrons.